The van der Waals surface area contributed by atoms with E-state index in [2.05, 4.69) is 4.98 Å². The first-order valence-electron chi connectivity index (χ1n) is 5.04. The van der Waals surface area contributed by atoms with E-state index < -0.39 is 5.97 Å². The topological polar surface area (TPSA) is 76.2 Å². The maximum absolute atomic E-state index is 11.2. The Kier molecular flexibility index (Phi) is 3.85. The van der Waals surface area contributed by atoms with Gasteiger partial charge in [-0.15, -0.1) is 0 Å². The van der Waals surface area contributed by atoms with Crippen LogP contribution >= 0.6 is 34.8 Å². The van der Waals surface area contributed by atoms with Gasteiger partial charge in [0.25, 0.3) is 0 Å². The maximum atomic E-state index is 11.2. The maximum Gasteiger partial charge on any atom is 0.336 e. The zero-order valence-corrected chi connectivity index (χ0v) is 11.6. The lowest BCUT2D eigenvalue weighted by Crippen LogP contribution is -2.03. The van der Waals surface area contributed by atoms with Crippen LogP contribution in [-0.4, -0.2) is 16.1 Å². The average molecular weight is 318 g/mol. The van der Waals surface area contributed by atoms with Crippen LogP contribution in [0.4, 0.5) is 5.82 Å². The molecule has 0 aliphatic carbocycles. The molecule has 0 aliphatic heterocycles. The predicted molar refractivity (Wildman–Crippen MR) is 76.1 cm³/mol. The number of nitrogens with zero attached hydrogens (tertiary/aromatic N) is 1. The Labute approximate surface area is 123 Å². The molecule has 0 spiro atoms. The molecule has 0 saturated heterocycles. The second kappa shape index (κ2) is 5.25. The van der Waals surface area contributed by atoms with Crippen LogP contribution in [0.5, 0.6) is 0 Å². The van der Waals surface area contributed by atoms with Crippen LogP contribution in [0.25, 0.3) is 11.1 Å². The summed E-state index contributed by atoms with van der Waals surface area (Å²) in [5.74, 6) is -1.02. The molecule has 7 heteroatoms. The highest BCUT2D eigenvalue weighted by Gasteiger charge is 2.17. The van der Waals surface area contributed by atoms with Crippen molar-refractivity contribution in [3.8, 4) is 11.1 Å². The van der Waals surface area contributed by atoms with Gasteiger partial charge in [-0.25, -0.2) is 9.78 Å². The molecule has 1 aromatic carbocycles. The smallest absolute Gasteiger partial charge is 0.336 e. The Morgan fingerprint density at radius 2 is 1.84 bits per heavy atom. The fourth-order valence-corrected chi connectivity index (χ4v) is 2.23. The number of carboxylic acids is 1. The first kappa shape index (κ1) is 13.9. The Morgan fingerprint density at radius 3 is 2.47 bits per heavy atom. The molecule has 0 atom stereocenters. The zero-order chi connectivity index (χ0) is 14.2. The van der Waals surface area contributed by atoms with E-state index in [-0.39, 0.29) is 26.4 Å². The highest BCUT2D eigenvalue weighted by molar-refractivity contribution is 6.49. The van der Waals surface area contributed by atoms with Crippen LogP contribution in [-0.2, 0) is 0 Å². The predicted octanol–water partition coefficient (Wildman–Crippen LogP) is 3.99. The van der Waals surface area contributed by atoms with E-state index >= 15 is 0 Å². The molecular weight excluding hydrogens is 311 g/mol. The summed E-state index contributed by atoms with van der Waals surface area (Å²) < 4.78 is 0. The van der Waals surface area contributed by atoms with Crippen LogP contribution in [0, 0.1) is 0 Å². The Hall–Kier alpha value is -1.49. The lowest BCUT2D eigenvalue weighted by molar-refractivity contribution is 0.0697. The van der Waals surface area contributed by atoms with Crippen molar-refractivity contribution in [2.24, 2.45) is 0 Å². The van der Waals surface area contributed by atoms with Crippen molar-refractivity contribution in [2.45, 2.75) is 0 Å². The number of benzene rings is 1. The van der Waals surface area contributed by atoms with E-state index in [9.17, 15) is 9.90 Å². The van der Waals surface area contributed by atoms with E-state index in [0.29, 0.717) is 11.1 Å². The third-order valence-corrected chi connectivity index (χ3v) is 3.77. The molecule has 0 radical (unpaired) electrons. The number of pyridine rings is 1. The fourth-order valence-electron chi connectivity index (χ4n) is 1.60. The molecule has 98 valence electrons. The molecule has 4 nitrogen and oxygen atoms in total. The quantitative estimate of drug-likeness (QED) is 0.821. The number of nitrogen functional groups attached to an aromatic ring is 1. The van der Waals surface area contributed by atoms with E-state index in [1.165, 1.54) is 18.3 Å². The normalized spacial score (nSPS) is 10.5. The molecule has 1 heterocycles. The first-order chi connectivity index (χ1) is 8.91. The van der Waals surface area contributed by atoms with Gasteiger partial charge in [-0.1, -0.05) is 40.9 Å². The van der Waals surface area contributed by atoms with Gasteiger partial charge in [0.2, 0.25) is 0 Å². The molecule has 2 rings (SSSR count). The molecule has 1 aromatic heterocycles. The van der Waals surface area contributed by atoms with Crippen LogP contribution in [0.15, 0.2) is 24.4 Å². The van der Waals surface area contributed by atoms with Gasteiger partial charge in [-0.3, -0.25) is 0 Å². The minimum absolute atomic E-state index is 0.00668. The average Bonchev–Trinajstić information content (AvgIpc) is 2.37. The molecule has 2 aromatic rings. The summed E-state index contributed by atoms with van der Waals surface area (Å²) in [6.07, 6.45) is 1.34. The van der Waals surface area contributed by atoms with Gasteiger partial charge < -0.3 is 10.8 Å². The minimum atomic E-state index is -1.13. The van der Waals surface area contributed by atoms with Crippen molar-refractivity contribution in [1.29, 1.82) is 0 Å². The van der Waals surface area contributed by atoms with Crippen molar-refractivity contribution >= 4 is 46.6 Å². The third kappa shape index (κ3) is 2.61. The highest BCUT2D eigenvalue weighted by atomic mass is 35.5. The summed E-state index contributed by atoms with van der Waals surface area (Å²) in [6.45, 7) is 0. The second-order valence-corrected chi connectivity index (χ2v) is 4.85. The summed E-state index contributed by atoms with van der Waals surface area (Å²) in [4.78, 5) is 15.1. The first-order valence-corrected chi connectivity index (χ1v) is 6.18. The zero-order valence-electron chi connectivity index (χ0n) is 9.32. The van der Waals surface area contributed by atoms with Gasteiger partial charge in [0.05, 0.1) is 20.6 Å². The van der Waals surface area contributed by atoms with Gasteiger partial charge in [0.15, 0.2) is 0 Å². The number of hydrogen-bond acceptors (Lipinski definition) is 3. The third-order valence-electron chi connectivity index (χ3n) is 2.48. The minimum Gasteiger partial charge on any atom is -0.478 e. The van der Waals surface area contributed by atoms with Gasteiger partial charge in [-0.05, 0) is 12.1 Å². The Morgan fingerprint density at radius 1 is 1.16 bits per heavy atom. The lowest BCUT2D eigenvalue weighted by atomic mass is 10.0. The molecule has 0 fully saturated rings. The molecule has 0 saturated carbocycles. The van der Waals surface area contributed by atoms with Gasteiger partial charge in [0.1, 0.15) is 5.82 Å². The Bertz CT molecular complexity index is 674. The summed E-state index contributed by atoms with van der Waals surface area (Å²) in [7, 11) is 0. The molecular formula is C12H7Cl3N2O2. The summed E-state index contributed by atoms with van der Waals surface area (Å²) in [5.41, 5.74) is 6.23. The largest absolute Gasteiger partial charge is 0.478 e. The summed E-state index contributed by atoms with van der Waals surface area (Å²) >= 11 is 17.9. The standard InChI is InChI=1S/C12H7Cl3N2O2/c13-8-2-1-5(10(14)11(8)15)7-4-17-9(16)3-6(7)12(18)19/h1-4H,(H2,16,17)(H,18,19). The van der Waals surface area contributed by atoms with Crippen LogP contribution in [0.3, 0.4) is 0 Å². The number of aromatic carboxylic acids is 1. The second-order valence-electron chi connectivity index (χ2n) is 3.68. The van der Waals surface area contributed by atoms with Gasteiger partial charge in [-0.2, -0.15) is 0 Å². The molecule has 0 amide bonds. The van der Waals surface area contributed by atoms with E-state index in [4.69, 9.17) is 40.5 Å². The summed E-state index contributed by atoms with van der Waals surface area (Å²) in [5, 5.41) is 9.80. The number of rotatable bonds is 2. The van der Waals surface area contributed by atoms with Crippen LogP contribution in [0.1, 0.15) is 10.4 Å². The summed E-state index contributed by atoms with van der Waals surface area (Å²) in [6, 6.07) is 4.37. The fraction of sp³-hybridized carbons (Fsp3) is 0. The number of aromatic nitrogens is 1. The molecule has 3 N–H and O–H groups in total. The lowest BCUT2D eigenvalue weighted by Gasteiger charge is -2.10. The molecule has 0 unspecified atom stereocenters. The SMILES string of the molecule is Nc1cc(C(=O)O)c(-c2ccc(Cl)c(Cl)c2Cl)cn1. The Balaban J connectivity index is 2.72. The number of carboxylic acid groups (broad SMARTS) is 1. The van der Waals surface area contributed by atoms with Crippen molar-refractivity contribution < 1.29 is 9.90 Å². The molecule has 19 heavy (non-hydrogen) atoms. The van der Waals surface area contributed by atoms with Gasteiger partial charge in [0, 0.05) is 17.3 Å². The number of nitrogens with two attached hydrogens (primary N) is 1. The number of carbonyl (C=O) groups is 1. The van der Waals surface area contributed by atoms with E-state index in [1.54, 1.807) is 6.07 Å². The van der Waals surface area contributed by atoms with Crippen LogP contribution in [0.2, 0.25) is 15.1 Å². The van der Waals surface area contributed by atoms with Crippen LogP contribution < -0.4 is 5.73 Å². The number of halogens is 3. The number of anilines is 1. The van der Waals surface area contributed by atoms with E-state index in [1.807, 2.05) is 0 Å². The van der Waals surface area contributed by atoms with Gasteiger partial charge >= 0.3 is 5.97 Å². The van der Waals surface area contributed by atoms with Crippen molar-refractivity contribution in [3.05, 3.63) is 45.0 Å². The number of hydrogen-bond donors (Lipinski definition) is 2. The van der Waals surface area contributed by atoms with Crippen molar-refractivity contribution in [1.82, 2.24) is 4.98 Å². The molecule has 0 bridgehead atoms. The van der Waals surface area contributed by atoms with E-state index in [0.717, 1.165) is 0 Å². The molecule has 0 aliphatic rings. The monoisotopic (exact) mass is 316 g/mol. The van der Waals surface area contributed by atoms with Crippen molar-refractivity contribution in [2.75, 3.05) is 5.73 Å². The highest BCUT2D eigenvalue weighted by Crippen LogP contribution is 2.39. The van der Waals surface area contributed by atoms with Crippen molar-refractivity contribution in [3.63, 3.8) is 0 Å².